The minimum atomic E-state index is -0.397. The minimum absolute atomic E-state index is 0.123. The van der Waals surface area contributed by atoms with Gasteiger partial charge in [0.15, 0.2) is 5.75 Å². The van der Waals surface area contributed by atoms with E-state index < -0.39 is 5.91 Å². The molecule has 2 amide bonds. The first kappa shape index (κ1) is 25.5. The highest BCUT2D eigenvalue weighted by atomic mass is 35.5. The summed E-state index contributed by atoms with van der Waals surface area (Å²) < 4.78 is 11.4. The Balaban J connectivity index is 1.40. The van der Waals surface area contributed by atoms with Gasteiger partial charge in [-0.25, -0.2) is 0 Å². The van der Waals surface area contributed by atoms with E-state index in [0.717, 1.165) is 27.8 Å². The summed E-state index contributed by atoms with van der Waals surface area (Å²) in [5, 5.41) is 0.856. The van der Waals surface area contributed by atoms with E-state index in [-0.39, 0.29) is 23.3 Å². The van der Waals surface area contributed by atoms with Crippen molar-refractivity contribution in [3.8, 4) is 11.5 Å². The number of benzene rings is 3. The lowest BCUT2D eigenvalue weighted by molar-refractivity contribution is -0.123. The third-order valence-corrected chi connectivity index (χ3v) is 6.78. The average Bonchev–Trinajstić information content (AvgIpc) is 3.07. The number of imide groups is 1. The molecule has 35 heavy (non-hydrogen) atoms. The van der Waals surface area contributed by atoms with Crippen LogP contribution in [0.1, 0.15) is 16.7 Å². The first-order chi connectivity index (χ1) is 16.8. The van der Waals surface area contributed by atoms with Crippen LogP contribution in [-0.2, 0) is 11.4 Å². The summed E-state index contributed by atoms with van der Waals surface area (Å²) >= 11 is 19.5. The highest BCUT2D eigenvalue weighted by molar-refractivity contribution is 8.18. The van der Waals surface area contributed by atoms with Crippen molar-refractivity contribution < 1.29 is 19.1 Å². The monoisotopic (exact) mass is 547 g/mol. The highest BCUT2D eigenvalue weighted by Gasteiger charge is 2.34. The Hall–Kier alpha value is -2.64. The Morgan fingerprint density at radius 2 is 1.66 bits per heavy atom. The van der Waals surface area contributed by atoms with E-state index in [4.69, 9.17) is 44.3 Å². The molecule has 4 rings (SSSR count). The van der Waals surface area contributed by atoms with Crippen LogP contribution in [0, 0.1) is 6.92 Å². The molecular weight excluding hydrogens is 529 g/mol. The molecule has 1 aliphatic heterocycles. The molecule has 1 fully saturated rings. The molecule has 0 bridgehead atoms. The molecular formula is C26H20Cl3NO4S. The zero-order valence-corrected chi connectivity index (χ0v) is 21.7. The Bertz CT molecular complexity index is 1270. The zero-order valence-electron chi connectivity index (χ0n) is 18.6. The number of halogens is 3. The molecule has 0 atom stereocenters. The summed E-state index contributed by atoms with van der Waals surface area (Å²) in [6.07, 6.45) is 1.59. The van der Waals surface area contributed by atoms with Crippen molar-refractivity contribution in [2.24, 2.45) is 0 Å². The van der Waals surface area contributed by atoms with E-state index >= 15 is 0 Å². The van der Waals surface area contributed by atoms with Gasteiger partial charge in [-0.2, -0.15) is 0 Å². The van der Waals surface area contributed by atoms with Crippen molar-refractivity contribution in [3.63, 3.8) is 0 Å². The van der Waals surface area contributed by atoms with Crippen molar-refractivity contribution in [3.05, 3.63) is 97.3 Å². The van der Waals surface area contributed by atoms with Gasteiger partial charge in [0, 0.05) is 5.02 Å². The van der Waals surface area contributed by atoms with Gasteiger partial charge in [-0.15, -0.1) is 0 Å². The molecule has 0 spiro atoms. The van der Waals surface area contributed by atoms with Gasteiger partial charge in [-0.05, 0) is 72.3 Å². The maximum atomic E-state index is 12.8. The number of ether oxygens (including phenoxy) is 2. The highest BCUT2D eigenvalue weighted by Crippen LogP contribution is 2.37. The number of aryl methyl sites for hydroxylation is 1. The van der Waals surface area contributed by atoms with Crippen molar-refractivity contribution in [2.75, 3.05) is 13.2 Å². The van der Waals surface area contributed by atoms with Crippen molar-refractivity contribution in [2.45, 2.75) is 13.5 Å². The van der Waals surface area contributed by atoms with E-state index in [2.05, 4.69) is 0 Å². The molecule has 0 unspecified atom stereocenters. The van der Waals surface area contributed by atoms with E-state index in [9.17, 15) is 9.59 Å². The second-order valence-corrected chi connectivity index (χ2v) is 9.97. The Morgan fingerprint density at radius 3 is 2.34 bits per heavy atom. The summed E-state index contributed by atoms with van der Waals surface area (Å²) in [7, 11) is 0. The van der Waals surface area contributed by atoms with Crippen LogP contribution in [0.5, 0.6) is 11.5 Å². The van der Waals surface area contributed by atoms with Gasteiger partial charge in [0.25, 0.3) is 11.1 Å². The molecule has 0 aliphatic carbocycles. The number of amides is 2. The SMILES string of the molecule is Cc1cccc(COc2c(Cl)cc(/C=C3\SC(=O)N(CCOc4ccc(Cl)cc4)C3=O)cc2Cl)c1. The third-order valence-electron chi connectivity index (χ3n) is 5.05. The predicted molar refractivity (Wildman–Crippen MR) is 142 cm³/mol. The van der Waals surface area contributed by atoms with Gasteiger partial charge >= 0.3 is 0 Å². The quantitative estimate of drug-likeness (QED) is 0.271. The van der Waals surface area contributed by atoms with Crippen molar-refractivity contribution in [1.82, 2.24) is 4.90 Å². The summed E-state index contributed by atoms with van der Waals surface area (Å²) in [5.74, 6) is 0.567. The Morgan fingerprint density at radius 1 is 0.943 bits per heavy atom. The van der Waals surface area contributed by atoms with Gasteiger partial charge in [-0.3, -0.25) is 14.5 Å². The van der Waals surface area contributed by atoms with Gasteiger partial charge in [0.2, 0.25) is 0 Å². The van der Waals surface area contributed by atoms with Crippen LogP contribution in [0.15, 0.2) is 65.6 Å². The summed E-state index contributed by atoms with van der Waals surface area (Å²) in [6.45, 7) is 2.61. The lowest BCUT2D eigenvalue weighted by Gasteiger charge is -2.13. The van der Waals surface area contributed by atoms with Crippen LogP contribution >= 0.6 is 46.6 Å². The molecule has 0 radical (unpaired) electrons. The van der Waals surface area contributed by atoms with Crippen molar-refractivity contribution in [1.29, 1.82) is 0 Å². The lowest BCUT2D eigenvalue weighted by Crippen LogP contribution is -2.32. The number of hydrogen-bond acceptors (Lipinski definition) is 5. The Kier molecular flexibility index (Phi) is 8.29. The number of carbonyl (C=O) groups excluding carboxylic acids is 2. The van der Waals surface area contributed by atoms with Gasteiger partial charge < -0.3 is 9.47 Å². The summed E-state index contributed by atoms with van der Waals surface area (Å²) in [6, 6.07) is 18.1. The van der Waals surface area contributed by atoms with E-state index in [1.54, 1.807) is 42.5 Å². The second kappa shape index (κ2) is 11.4. The normalized spacial score (nSPS) is 14.6. The minimum Gasteiger partial charge on any atom is -0.492 e. The van der Waals surface area contributed by atoms with Crippen LogP contribution in [0.25, 0.3) is 6.08 Å². The van der Waals surface area contributed by atoms with Crippen LogP contribution in [0.3, 0.4) is 0 Å². The topological polar surface area (TPSA) is 55.8 Å². The molecule has 1 aliphatic rings. The molecule has 5 nitrogen and oxygen atoms in total. The van der Waals surface area contributed by atoms with Gasteiger partial charge in [-0.1, -0.05) is 64.6 Å². The number of carbonyl (C=O) groups is 2. The first-order valence-electron chi connectivity index (χ1n) is 10.6. The molecule has 180 valence electrons. The fourth-order valence-corrected chi connectivity index (χ4v) is 4.99. The fourth-order valence-electron chi connectivity index (χ4n) is 3.39. The number of rotatable bonds is 8. The van der Waals surface area contributed by atoms with Crippen LogP contribution < -0.4 is 9.47 Å². The van der Waals surface area contributed by atoms with Crippen LogP contribution in [0.4, 0.5) is 4.79 Å². The lowest BCUT2D eigenvalue weighted by atomic mass is 10.1. The predicted octanol–water partition coefficient (Wildman–Crippen LogP) is 7.65. The van der Waals surface area contributed by atoms with Gasteiger partial charge in [0.05, 0.1) is 21.5 Å². The molecule has 0 saturated carbocycles. The maximum Gasteiger partial charge on any atom is 0.293 e. The fraction of sp³-hybridized carbons (Fsp3) is 0.154. The Labute approximate surface area is 222 Å². The van der Waals surface area contributed by atoms with E-state index in [1.165, 1.54) is 0 Å². The maximum absolute atomic E-state index is 12.8. The zero-order chi connectivity index (χ0) is 24.9. The molecule has 3 aromatic rings. The number of nitrogens with zero attached hydrogens (tertiary/aromatic N) is 1. The molecule has 1 saturated heterocycles. The van der Waals surface area contributed by atoms with Gasteiger partial charge in [0.1, 0.15) is 19.0 Å². The largest absolute Gasteiger partial charge is 0.492 e. The number of thioether (sulfide) groups is 1. The van der Waals surface area contributed by atoms with Crippen molar-refractivity contribution >= 4 is 63.8 Å². The molecule has 3 aromatic carbocycles. The van der Waals surface area contributed by atoms with E-state index in [1.807, 2.05) is 31.2 Å². The average molecular weight is 549 g/mol. The third kappa shape index (κ3) is 6.53. The smallest absolute Gasteiger partial charge is 0.293 e. The summed E-state index contributed by atoms with van der Waals surface area (Å²) in [4.78, 5) is 26.6. The molecule has 9 heteroatoms. The van der Waals surface area contributed by atoms with Crippen LogP contribution in [0.2, 0.25) is 15.1 Å². The van der Waals surface area contributed by atoms with E-state index in [0.29, 0.717) is 38.7 Å². The second-order valence-electron chi connectivity index (χ2n) is 7.73. The summed E-state index contributed by atoms with van der Waals surface area (Å²) in [5.41, 5.74) is 2.71. The first-order valence-corrected chi connectivity index (χ1v) is 12.6. The van der Waals surface area contributed by atoms with Crippen LogP contribution in [-0.4, -0.2) is 29.2 Å². The standard InChI is InChI=1S/C26H20Cl3NO4S/c1-16-3-2-4-17(11-16)15-34-24-21(28)12-18(13-22(24)29)14-23-25(31)30(26(32)35-23)9-10-33-20-7-5-19(27)6-8-20/h2-8,11-14H,9-10,15H2,1H3/b23-14-. The molecule has 0 N–H and O–H groups in total. The number of hydrogen-bond donors (Lipinski definition) is 0. The molecule has 1 heterocycles. The molecule has 0 aromatic heterocycles.